The minimum atomic E-state index is -1.03. The molecule has 5 nitrogen and oxygen atoms in total. The van der Waals surface area contributed by atoms with Gasteiger partial charge in [-0.05, 0) is 25.0 Å². The molecule has 1 aliphatic heterocycles. The predicted molar refractivity (Wildman–Crippen MR) is 112 cm³/mol. The lowest BCUT2D eigenvalue weighted by atomic mass is 10.0. The Morgan fingerprint density at radius 3 is 2.07 bits per heavy atom. The van der Waals surface area contributed by atoms with E-state index in [-0.39, 0.29) is 13.1 Å². The van der Waals surface area contributed by atoms with E-state index in [1.165, 1.54) is 0 Å². The summed E-state index contributed by atoms with van der Waals surface area (Å²) in [7, 11) is 0. The van der Waals surface area contributed by atoms with Crippen molar-refractivity contribution >= 4 is 23.9 Å². The molecule has 29 heavy (non-hydrogen) atoms. The summed E-state index contributed by atoms with van der Waals surface area (Å²) in [6, 6.07) is 18.2. The number of carbonyl (C=O) groups is 3. The van der Waals surface area contributed by atoms with Gasteiger partial charge in [-0.1, -0.05) is 84.5 Å². The van der Waals surface area contributed by atoms with E-state index in [1.807, 2.05) is 80.6 Å². The maximum atomic E-state index is 13.0. The van der Waals surface area contributed by atoms with Crippen molar-refractivity contribution < 1.29 is 14.4 Å². The fourth-order valence-electron chi connectivity index (χ4n) is 3.07. The number of nitrogens with zero attached hydrogens (tertiary/aromatic N) is 2. The first-order valence-corrected chi connectivity index (χ1v) is 9.54. The monoisotopic (exact) mass is 388 g/mol. The molecule has 1 saturated heterocycles. The number of amides is 4. The van der Waals surface area contributed by atoms with Crippen LogP contribution in [0.25, 0.3) is 6.08 Å². The van der Waals surface area contributed by atoms with Gasteiger partial charge in [0.2, 0.25) is 11.8 Å². The zero-order valence-corrected chi connectivity index (χ0v) is 16.6. The van der Waals surface area contributed by atoms with Gasteiger partial charge in [0.25, 0.3) is 0 Å². The molecule has 1 unspecified atom stereocenters. The van der Waals surface area contributed by atoms with E-state index in [2.05, 4.69) is 0 Å². The van der Waals surface area contributed by atoms with Gasteiger partial charge < -0.3 is 0 Å². The molecular formula is C24H24N2O3. The highest BCUT2D eigenvalue weighted by atomic mass is 16.2. The lowest BCUT2D eigenvalue weighted by molar-refractivity contribution is -0.146. The molecule has 2 aromatic rings. The van der Waals surface area contributed by atoms with Crippen LogP contribution in [-0.2, 0) is 16.1 Å². The Labute approximate surface area is 170 Å². The topological polar surface area (TPSA) is 57.7 Å². The van der Waals surface area contributed by atoms with Crippen LogP contribution in [0.1, 0.15) is 25.0 Å². The van der Waals surface area contributed by atoms with Crippen LogP contribution in [-0.4, -0.2) is 34.2 Å². The summed E-state index contributed by atoms with van der Waals surface area (Å²) in [4.78, 5) is 41.3. The number of allylic oxidation sites excluding steroid dienone is 1. The lowest BCUT2D eigenvalue weighted by Crippen LogP contribution is -2.58. The predicted octanol–water partition coefficient (Wildman–Crippen LogP) is 4.27. The first-order valence-electron chi connectivity index (χ1n) is 9.54. The van der Waals surface area contributed by atoms with Crippen molar-refractivity contribution in [3.63, 3.8) is 0 Å². The van der Waals surface area contributed by atoms with Gasteiger partial charge in [0.15, 0.2) is 0 Å². The average molecular weight is 388 g/mol. The first kappa shape index (κ1) is 20.3. The zero-order chi connectivity index (χ0) is 20.8. The van der Waals surface area contributed by atoms with Crippen molar-refractivity contribution in [1.82, 2.24) is 9.80 Å². The maximum absolute atomic E-state index is 13.0. The molecule has 1 aliphatic rings. The molecule has 1 atom stereocenters. The second-order valence-electron chi connectivity index (χ2n) is 7.17. The highest BCUT2D eigenvalue weighted by Gasteiger charge is 2.44. The number of carbonyl (C=O) groups excluding carboxylic acids is 3. The van der Waals surface area contributed by atoms with Gasteiger partial charge in [-0.15, -0.1) is 0 Å². The summed E-state index contributed by atoms with van der Waals surface area (Å²) >= 11 is 0. The van der Waals surface area contributed by atoms with E-state index in [1.54, 1.807) is 12.2 Å². The molecule has 4 amide bonds. The van der Waals surface area contributed by atoms with E-state index in [9.17, 15) is 14.4 Å². The molecule has 2 aromatic carbocycles. The molecule has 0 spiro atoms. The summed E-state index contributed by atoms with van der Waals surface area (Å²) in [6.45, 7) is 4.08. The molecule has 0 aromatic heterocycles. The van der Waals surface area contributed by atoms with Gasteiger partial charge in [0.1, 0.15) is 5.92 Å². The van der Waals surface area contributed by atoms with Crippen LogP contribution >= 0.6 is 0 Å². The normalized spacial score (nSPS) is 17.2. The van der Waals surface area contributed by atoms with E-state index in [4.69, 9.17) is 0 Å². The maximum Gasteiger partial charge on any atom is 0.334 e. The number of benzene rings is 2. The smallest absolute Gasteiger partial charge is 0.273 e. The Morgan fingerprint density at radius 1 is 0.862 bits per heavy atom. The van der Waals surface area contributed by atoms with E-state index < -0.39 is 23.8 Å². The molecule has 1 heterocycles. The third-order valence-electron chi connectivity index (χ3n) is 4.67. The Hall–Kier alpha value is -3.47. The van der Waals surface area contributed by atoms with Crippen LogP contribution in [0.5, 0.6) is 0 Å². The molecular weight excluding hydrogens is 364 g/mol. The molecule has 0 N–H and O–H groups in total. The second-order valence-corrected chi connectivity index (χ2v) is 7.17. The molecule has 148 valence electrons. The first-order chi connectivity index (χ1) is 14.0. The Kier molecular flexibility index (Phi) is 6.39. The van der Waals surface area contributed by atoms with Crippen molar-refractivity contribution in [2.45, 2.75) is 20.4 Å². The minimum absolute atomic E-state index is 0.132. The van der Waals surface area contributed by atoms with Crippen LogP contribution < -0.4 is 0 Å². The van der Waals surface area contributed by atoms with Crippen molar-refractivity contribution in [2.24, 2.45) is 5.92 Å². The largest absolute Gasteiger partial charge is 0.334 e. The third-order valence-corrected chi connectivity index (χ3v) is 4.67. The third kappa shape index (κ3) is 4.88. The molecule has 0 saturated carbocycles. The van der Waals surface area contributed by atoms with Crippen LogP contribution in [0.3, 0.4) is 0 Å². The van der Waals surface area contributed by atoms with Crippen molar-refractivity contribution in [1.29, 1.82) is 0 Å². The van der Waals surface area contributed by atoms with Gasteiger partial charge in [-0.25, -0.2) is 4.79 Å². The van der Waals surface area contributed by atoms with Crippen LogP contribution in [0.15, 0.2) is 78.4 Å². The Bertz CT molecular complexity index is 945. The molecule has 0 aliphatic carbocycles. The summed E-state index contributed by atoms with van der Waals surface area (Å²) in [6.07, 6.45) is 5.14. The average Bonchev–Trinajstić information content (AvgIpc) is 2.72. The Balaban J connectivity index is 1.92. The summed E-state index contributed by atoms with van der Waals surface area (Å²) in [5.41, 5.74) is 2.71. The van der Waals surface area contributed by atoms with Crippen molar-refractivity contribution in [2.75, 3.05) is 6.54 Å². The number of imide groups is 2. The van der Waals surface area contributed by atoms with Gasteiger partial charge in [0.05, 0.1) is 6.54 Å². The lowest BCUT2D eigenvalue weighted by Gasteiger charge is -2.35. The van der Waals surface area contributed by atoms with Crippen LogP contribution in [0, 0.1) is 5.92 Å². The highest BCUT2D eigenvalue weighted by Crippen LogP contribution is 2.22. The van der Waals surface area contributed by atoms with Crippen LogP contribution in [0.2, 0.25) is 0 Å². The van der Waals surface area contributed by atoms with Gasteiger partial charge >= 0.3 is 6.03 Å². The van der Waals surface area contributed by atoms with Gasteiger partial charge in [-0.3, -0.25) is 19.4 Å². The summed E-state index contributed by atoms with van der Waals surface area (Å²) < 4.78 is 0. The molecule has 1 fully saturated rings. The molecule has 0 bridgehead atoms. The van der Waals surface area contributed by atoms with Gasteiger partial charge in [-0.2, -0.15) is 0 Å². The zero-order valence-electron chi connectivity index (χ0n) is 16.6. The Morgan fingerprint density at radius 2 is 1.45 bits per heavy atom. The molecule has 3 rings (SSSR count). The number of hydrogen-bond donors (Lipinski definition) is 0. The fraction of sp³-hybridized carbons (Fsp3) is 0.208. The second kappa shape index (κ2) is 9.15. The van der Waals surface area contributed by atoms with Crippen molar-refractivity contribution in [3.8, 4) is 0 Å². The molecule has 0 radical (unpaired) electrons. The minimum Gasteiger partial charge on any atom is -0.273 e. The van der Waals surface area contributed by atoms with E-state index in [0.29, 0.717) is 0 Å². The number of urea groups is 1. The number of barbiturate groups is 1. The standard InChI is InChI=1S/C24H24N2O3/c1-18(2)15-16-25-22(27)21(14-13-19-9-5-3-6-10-19)23(28)26(24(25)29)17-20-11-7-4-8-12-20/h3-15,21H,16-17H2,1-2H3. The van der Waals surface area contributed by atoms with Crippen molar-refractivity contribution in [3.05, 3.63) is 89.5 Å². The number of hydrogen-bond acceptors (Lipinski definition) is 3. The van der Waals surface area contributed by atoms with Gasteiger partial charge in [0, 0.05) is 6.54 Å². The quantitative estimate of drug-likeness (QED) is 0.548. The van der Waals surface area contributed by atoms with E-state index in [0.717, 1.165) is 26.5 Å². The number of rotatable bonds is 6. The fourth-order valence-corrected chi connectivity index (χ4v) is 3.07. The summed E-state index contributed by atoms with van der Waals surface area (Å²) in [5.74, 6) is -2.01. The summed E-state index contributed by atoms with van der Waals surface area (Å²) in [5, 5.41) is 0. The SMILES string of the molecule is CC(C)=CCN1C(=O)C(C=Cc2ccccc2)C(=O)N(Cc2ccccc2)C1=O. The molecule has 5 heteroatoms. The highest BCUT2D eigenvalue weighted by molar-refractivity contribution is 6.17. The van der Waals surface area contributed by atoms with Crippen LogP contribution in [0.4, 0.5) is 4.79 Å². The van der Waals surface area contributed by atoms with E-state index >= 15 is 0 Å².